The van der Waals surface area contributed by atoms with Crippen LogP contribution in [0, 0.1) is 0 Å². The molecule has 0 radical (unpaired) electrons. The first-order valence-electron chi connectivity index (χ1n) is 9.67. The van der Waals surface area contributed by atoms with Gasteiger partial charge in [-0.1, -0.05) is 12.1 Å². The quantitative estimate of drug-likeness (QED) is 0.626. The predicted octanol–water partition coefficient (Wildman–Crippen LogP) is 1.77. The van der Waals surface area contributed by atoms with Gasteiger partial charge in [0.15, 0.2) is 18.1 Å². The maximum atomic E-state index is 13.1. The Morgan fingerprint density at radius 2 is 1.94 bits per heavy atom. The molecule has 1 aliphatic heterocycles. The normalized spacial score (nSPS) is 24.2. The van der Waals surface area contributed by atoms with Crippen LogP contribution in [0.15, 0.2) is 47.4 Å². The van der Waals surface area contributed by atoms with Crippen LogP contribution in [0.25, 0.3) is 0 Å². The molecule has 0 spiro atoms. The Bertz CT molecular complexity index is 1070. The van der Waals surface area contributed by atoms with Gasteiger partial charge in [0, 0.05) is 25.0 Å². The molecule has 4 rings (SSSR count). The Morgan fingerprint density at radius 1 is 1.19 bits per heavy atom. The SMILES string of the molecule is COc1ccc(S(=O)(=O)NC2C(OC)CC3Oc4c(OCC(=O)O)cccc4C32)cc1. The molecule has 0 saturated heterocycles. The molecule has 166 valence electrons. The minimum Gasteiger partial charge on any atom is -0.497 e. The Labute approximate surface area is 179 Å². The third kappa shape index (κ3) is 4.06. The van der Waals surface area contributed by atoms with E-state index < -0.39 is 28.6 Å². The number of carbonyl (C=O) groups is 1. The summed E-state index contributed by atoms with van der Waals surface area (Å²) in [5, 5.41) is 8.90. The van der Waals surface area contributed by atoms with Crippen LogP contribution < -0.4 is 18.9 Å². The van der Waals surface area contributed by atoms with Gasteiger partial charge in [0.1, 0.15) is 11.9 Å². The van der Waals surface area contributed by atoms with Gasteiger partial charge in [-0.2, -0.15) is 0 Å². The summed E-state index contributed by atoms with van der Waals surface area (Å²) in [6.45, 7) is -0.497. The fraction of sp³-hybridized carbons (Fsp3) is 0.381. The van der Waals surface area contributed by atoms with Crippen molar-refractivity contribution >= 4 is 16.0 Å². The molecule has 2 N–H and O–H groups in total. The fourth-order valence-corrected chi connectivity index (χ4v) is 5.51. The molecule has 2 aromatic rings. The molecule has 1 fully saturated rings. The fourth-order valence-electron chi connectivity index (χ4n) is 4.22. The molecule has 0 bridgehead atoms. The third-order valence-corrected chi connectivity index (χ3v) is 7.08. The van der Waals surface area contributed by atoms with Crippen molar-refractivity contribution < 1.29 is 37.3 Å². The van der Waals surface area contributed by atoms with Crippen molar-refractivity contribution in [2.24, 2.45) is 0 Å². The summed E-state index contributed by atoms with van der Waals surface area (Å²) in [5.41, 5.74) is 0.759. The van der Waals surface area contributed by atoms with Gasteiger partial charge in [-0.3, -0.25) is 0 Å². The van der Waals surface area contributed by atoms with E-state index >= 15 is 0 Å². The monoisotopic (exact) mass is 449 g/mol. The van der Waals surface area contributed by atoms with Crippen LogP contribution in [0.5, 0.6) is 17.2 Å². The van der Waals surface area contributed by atoms with Gasteiger partial charge in [-0.15, -0.1) is 0 Å². The number of fused-ring (bicyclic) bond motifs is 3. The van der Waals surface area contributed by atoms with Gasteiger partial charge in [0.25, 0.3) is 0 Å². The molecular weight excluding hydrogens is 426 g/mol. The standard InChI is InChI=1S/C21H23NO8S/c1-27-12-6-8-13(9-7-12)31(25,26)22-20-17(28-2)10-16-19(20)14-4-3-5-15(21(14)30-16)29-11-18(23)24/h3-9,16-17,19-20,22H,10-11H2,1-2H3,(H,23,24). The largest absolute Gasteiger partial charge is 0.497 e. The lowest BCUT2D eigenvalue weighted by atomic mass is 9.94. The minimum absolute atomic E-state index is 0.115. The van der Waals surface area contributed by atoms with Crippen LogP contribution in [-0.2, 0) is 19.6 Å². The number of para-hydroxylation sites is 1. The second kappa shape index (κ2) is 8.37. The van der Waals surface area contributed by atoms with Crippen LogP contribution >= 0.6 is 0 Å². The van der Waals surface area contributed by atoms with Gasteiger partial charge >= 0.3 is 5.97 Å². The first-order valence-corrected chi connectivity index (χ1v) is 11.2. The number of sulfonamides is 1. The zero-order valence-corrected chi connectivity index (χ0v) is 17.8. The summed E-state index contributed by atoms with van der Waals surface area (Å²) in [5.74, 6) is -0.0784. The minimum atomic E-state index is -3.83. The summed E-state index contributed by atoms with van der Waals surface area (Å²) >= 11 is 0. The number of hydrogen-bond donors (Lipinski definition) is 2. The van der Waals surface area contributed by atoms with Gasteiger partial charge < -0.3 is 24.1 Å². The number of ether oxygens (including phenoxy) is 4. The molecule has 1 heterocycles. The van der Waals surface area contributed by atoms with Gasteiger partial charge in [-0.05, 0) is 30.3 Å². The number of hydrogen-bond acceptors (Lipinski definition) is 7. The zero-order chi connectivity index (χ0) is 22.2. The van der Waals surface area contributed by atoms with Crippen LogP contribution in [0.2, 0.25) is 0 Å². The number of carboxylic acid groups (broad SMARTS) is 1. The molecule has 1 aliphatic carbocycles. The van der Waals surface area contributed by atoms with Crippen molar-refractivity contribution in [3.63, 3.8) is 0 Å². The van der Waals surface area contributed by atoms with Crippen molar-refractivity contribution in [1.82, 2.24) is 4.72 Å². The highest BCUT2D eigenvalue weighted by Crippen LogP contribution is 2.51. The van der Waals surface area contributed by atoms with Crippen LogP contribution in [0.1, 0.15) is 17.9 Å². The topological polar surface area (TPSA) is 120 Å². The van der Waals surface area contributed by atoms with E-state index in [0.717, 1.165) is 5.56 Å². The van der Waals surface area contributed by atoms with Gasteiger partial charge in [0.05, 0.1) is 24.2 Å². The molecule has 4 atom stereocenters. The Kier molecular flexibility index (Phi) is 5.78. The second-order valence-corrected chi connectivity index (χ2v) is 9.09. The zero-order valence-electron chi connectivity index (χ0n) is 17.0. The number of nitrogens with one attached hydrogen (secondary N) is 1. The van der Waals surface area contributed by atoms with E-state index in [4.69, 9.17) is 24.1 Å². The van der Waals surface area contributed by atoms with E-state index in [1.54, 1.807) is 24.3 Å². The smallest absolute Gasteiger partial charge is 0.341 e. The highest BCUT2D eigenvalue weighted by molar-refractivity contribution is 7.89. The molecule has 31 heavy (non-hydrogen) atoms. The maximum absolute atomic E-state index is 13.1. The van der Waals surface area contributed by atoms with E-state index in [0.29, 0.717) is 23.7 Å². The maximum Gasteiger partial charge on any atom is 0.341 e. The van der Waals surface area contributed by atoms with E-state index in [-0.39, 0.29) is 23.0 Å². The average molecular weight is 449 g/mol. The molecular formula is C21H23NO8S. The summed E-state index contributed by atoms with van der Waals surface area (Å²) in [7, 11) is -0.790. The number of benzene rings is 2. The van der Waals surface area contributed by atoms with Gasteiger partial charge in [-0.25, -0.2) is 17.9 Å². The van der Waals surface area contributed by atoms with Crippen LogP contribution in [-0.4, -0.2) is 58.6 Å². The Balaban J connectivity index is 1.63. The van der Waals surface area contributed by atoms with E-state index in [2.05, 4.69) is 4.72 Å². The molecule has 10 heteroatoms. The van der Waals surface area contributed by atoms with Crippen molar-refractivity contribution in [2.45, 2.75) is 35.5 Å². The van der Waals surface area contributed by atoms with Gasteiger partial charge in [0.2, 0.25) is 10.0 Å². The molecule has 2 aromatic carbocycles. The molecule has 4 unspecified atom stereocenters. The van der Waals surface area contributed by atoms with E-state index in [1.165, 1.54) is 26.4 Å². The number of methoxy groups -OCH3 is 2. The van der Waals surface area contributed by atoms with Crippen molar-refractivity contribution in [1.29, 1.82) is 0 Å². The summed E-state index contributed by atoms with van der Waals surface area (Å²) in [6.07, 6.45) is -0.234. The molecule has 0 amide bonds. The number of aliphatic carboxylic acids is 1. The Hall–Kier alpha value is -2.82. The second-order valence-electron chi connectivity index (χ2n) is 7.37. The average Bonchev–Trinajstić information content (AvgIpc) is 3.28. The first kappa shape index (κ1) is 21.4. The van der Waals surface area contributed by atoms with Crippen LogP contribution in [0.4, 0.5) is 0 Å². The summed E-state index contributed by atoms with van der Waals surface area (Å²) in [4.78, 5) is 11.0. The summed E-state index contributed by atoms with van der Waals surface area (Å²) in [6, 6.07) is 10.8. The first-order chi connectivity index (χ1) is 14.8. The molecule has 0 aromatic heterocycles. The highest BCUT2D eigenvalue weighted by Gasteiger charge is 2.52. The van der Waals surface area contributed by atoms with Crippen LogP contribution in [0.3, 0.4) is 0 Å². The number of carboxylic acids is 1. The Morgan fingerprint density at radius 3 is 2.58 bits per heavy atom. The predicted molar refractivity (Wildman–Crippen MR) is 109 cm³/mol. The highest BCUT2D eigenvalue weighted by atomic mass is 32.2. The lowest BCUT2D eigenvalue weighted by molar-refractivity contribution is -0.139. The lowest BCUT2D eigenvalue weighted by Crippen LogP contribution is -2.44. The van der Waals surface area contributed by atoms with Crippen molar-refractivity contribution in [3.8, 4) is 17.2 Å². The summed E-state index contributed by atoms with van der Waals surface area (Å²) < 4.78 is 51.0. The molecule has 2 aliphatic rings. The number of rotatable bonds is 8. The molecule has 9 nitrogen and oxygen atoms in total. The van der Waals surface area contributed by atoms with E-state index in [1.807, 2.05) is 6.07 Å². The van der Waals surface area contributed by atoms with Crippen molar-refractivity contribution in [2.75, 3.05) is 20.8 Å². The third-order valence-electron chi connectivity index (χ3n) is 5.61. The lowest BCUT2D eigenvalue weighted by Gasteiger charge is -2.24. The molecule has 1 saturated carbocycles. The van der Waals surface area contributed by atoms with Crippen molar-refractivity contribution in [3.05, 3.63) is 48.0 Å². The van der Waals surface area contributed by atoms with E-state index in [9.17, 15) is 13.2 Å².